The summed E-state index contributed by atoms with van der Waals surface area (Å²) in [7, 11) is 0.0687. The van der Waals surface area contributed by atoms with E-state index in [0.29, 0.717) is 21.0 Å². The van der Waals surface area contributed by atoms with Gasteiger partial charge in [-0.3, -0.25) is 9.59 Å². The van der Waals surface area contributed by atoms with Crippen LogP contribution in [0.2, 0.25) is 0 Å². The zero-order chi connectivity index (χ0) is 16.9. The number of sulfonamides is 1. The third kappa shape index (κ3) is 2.00. The van der Waals surface area contributed by atoms with E-state index in [9.17, 15) is 18.0 Å². The molecule has 3 rings (SSSR count). The van der Waals surface area contributed by atoms with Crippen molar-refractivity contribution >= 4 is 32.8 Å². The molecule has 0 N–H and O–H groups in total. The highest BCUT2D eigenvalue weighted by Gasteiger charge is 2.46. The standard InChI is InChI=1S/C14H14N2O6S/c1-15-10-5-4-8(21-2)6-9(10)13-12(15)14(18)16(23(13,19)20)7-11(17)22-3/h4-6H,7H2,1-3H3. The molecule has 0 bridgehead atoms. The van der Waals surface area contributed by atoms with Gasteiger partial charge in [0.25, 0.3) is 15.9 Å². The number of amides is 1. The Morgan fingerprint density at radius 1 is 1.26 bits per heavy atom. The van der Waals surface area contributed by atoms with Crippen LogP contribution in [0.15, 0.2) is 23.1 Å². The maximum atomic E-state index is 12.7. The van der Waals surface area contributed by atoms with Crippen molar-refractivity contribution in [3.8, 4) is 5.75 Å². The molecule has 8 nitrogen and oxygen atoms in total. The molecule has 2 heterocycles. The van der Waals surface area contributed by atoms with Gasteiger partial charge in [0.2, 0.25) is 0 Å². The van der Waals surface area contributed by atoms with Crippen LogP contribution in [0.5, 0.6) is 5.75 Å². The van der Waals surface area contributed by atoms with Gasteiger partial charge >= 0.3 is 5.97 Å². The maximum Gasteiger partial charge on any atom is 0.326 e. The van der Waals surface area contributed by atoms with Gasteiger partial charge in [0, 0.05) is 12.4 Å². The zero-order valence-corrected chi connectivity index (χ0v) is 13.5. The molecule has 122 valence electrons. The van der Waals surface area contributed by atoms with E-state index >= 15 is 0 Å². The number of methoxy groups -OCH3 is 2. The fourth-order valence-electron chi connectivity index (χ4n) is 2.69. The Morgan fingerprint density at radius 3 is 2.57 bits per heavy atom. The first kappa shape index (κ1) is 15.3. The third-order valence-corrected chi connectivity index (χ3v) is 5.64. The first-order valence-corrected chi connectivity index (χ1v) is 8.07. The number of aromatic nitrogens is 1. The highest BCUT2D eigenvalue weighted by atomic mass is 32.2. The fourth-order valence-corrected chi connectivity index (χ4v) is 4.41. The first-order valence-electron chi connectivity index (χ1n) is 6.63. The van der Waals surface area contributed by atoms with Gasteiger partial charge < -0.3 is 14.0 Å². The lowest BCUT2D eigenvalue weighted by atomic mass is 10.2. The Morgan fingerprint density at radius 2 is 1.96 bits per heavy atom. The monoisotopic (exact) mass is 338 g/mol. The number of fused-ring (bicyclic) bond motifs is 3. The topological polar surface area (TPSA) is 94.9 Å². The SMILES string of the molecule is COC(=O)CN1C(=O)c2c(c3cc(OC)ccc3n2C)S1(=O)=O. The molecule has 0 aliphatic carbocycles. The number of esters is 1. The summed E-state index contributed by atoms with van der Waals surface area (Å²) in [6, 6.07) is 4.92. The van der Waals surface area contributed by atoms with Gasteiger partial charge in [-0.2, -0.15) is 0 Å². The zero-order valence-electron chi connectivity index (χ0n) is 12.7. The molecule has 0 saturated heterocycles. The van der Waals surface area contributed by atoms with Crippen molar-refractivity contribution in [2.24, 2.45) is 7.05 Å². The molecule has 9 heteroatoms. The van der Waals surface area contributed by atoms with Crippen molar-refractivity contribution in [1.29, 1.82) is 0 Å². The summed E-state index contributed by atoms with van der Waals surface area (Å²) in [4.78, 5) is 23.8. The fraction of sp³-hybridized carbons (Fsp3) is 0.286. The van der Waals surface area contributed by atoms with Crippen LogP contribution in [0.3, 0.4) is 0 Å². The number of rotatable bonds is 3. The van der Waals surface area contributed by atoms with Gasteiger partial charge in [0.1, 0.15) is 22.9 Å². The minimum atomic E-state index is -4.12. The van der Waals surface area contributed by atoms with Gasteiger partial charge in [0.15, 0.2) is 0 Å². The number of benzene rings is 1. The van der Waals surface area contributed by atoms with Crippen LogP contribution in [0.4, 0.5) is 0 Å². The maximum absolute atomic E-state index is 12.7. The van der Waals surface area contributed by atoms with Crippen LogP contribution >= 0.6 is 0 Å². The van der Waals surface area contributed by atoms with Gasteiger partial charge in [-0.15, -0.1) is 0 Å². The lowest BCUT2D eigenvalue weighted by molar-refractivity contribution is -0.140. The van der Waals surface area contributed by atoms with Crippen molar-refractivity contribution in [1.82, 2.24) is 8.87 Å². The summed E-state index contributed by atoms with van der Waals surface area (Å²) < 4.78 is 37.0. The molecule has 23 heavy (non-hydrogen) atoms. The molecule has 0 spiro atoms. The van der Waals surface area contributed by atoms with Gasteiger partial charge in [-0.05, 0) is 18.2 Å². The molecule has 0 unspecified atom stereocenters. The summed E-state index contributed by atoms with van der Waals surface area (Å²) in [6.07, 6.45) is 0. The molecule has 0 saturated carbocycles. The lowest BCUT2D eigenvalue weighted by Gasteiger charge is -2.14. The molecule has 1 aliphatic rings. The van der Waals surface area contributed by atoms with Crippen molar-refractivity contribution in [3.63, 3.8) is 0 Å². The van der Waals surface area contributed by atoms with Crippen LogP contribution in [-0.4, -0.2) is 49.9 Å². The highest BCUT2D eigenvalue weighted by Crippen LogP contribution is 2.39. The minimum Gasteiger partial charge on any atom is -0.497 e. The van der Waals surface area contributed by atoms with E-state index in [1.54, 1.807) is 25.2 Å². The Balaban J connectivity index is 2.27. The second kappa shape index (κ2) is 4.98. The smallest absolute Gasteiger partial charge is 0.326 e. The van der Waals surface area contributed by atoms with Crippen LogP contribution in [0.1, 0.15) is 10.5 Å². The molecule has 0 atom stereocenters. The molecule has 1 amide bonds. The van der Waals surface area contributed by atoms with Crippen LogP contribution in [0, 0.1) is 0 Å². The van der Waals surface area contributed by atoms with E-state index in [1.165, 1.54) is 11.7 Å². The molecular formula is C14H14N2O6S. The lowest BCUT2D eigenvalue weighted by Crippen LogP contribution is -2.36. The van der Waals surface area contributed by atoms with E-state index in [-0.39, 0.29) is 10.6 Å². The van der Waals surface area contributed by atoms with Crippen molar-refractivity contribution in [2.45, 2.75) is 4.90 Å². The van der Waals surface area contributed by atoms with E-state index < -0.39 is 28.4 Å². The predicted octanol–water partition coefficient (Wildman–Crippen LogP) is 0.504. The quantitative estimate of drug-likeness (QED) is 0.757. The molecule has 2 aromatic rings. The molecule has 1 aromatic carbocycles. The van der Waals surface area contributed by atoms with Crippen molar-refractivity contribution in [2.75, 3.05) is 20.8 Å². The highest BCUT2D eigenvalue weighted by molar-refractivity contribution is 7.90. The van der Waals surface area contributed by atoms with Gasteiger partial charge in [-0.25, -0.2) is 12.7 Å². The summed E-state index contributed by atoms with van der Waals surface area (Å²) in [5.74, 6) is -1.08. The van der Waals surface area contributed by atoms with Crippen LogP contribution in [0.25, 0.3) is 10.9 Å². The summed E-state index contributed by atoms with van der Waals surface area (Å²) in [5.41, 5.74) is 0.614. The Kier molecular flexibility index (Phi) is 3.33. The average Bonchev–Trinajstić information content (AvgIpc) is 2.93. The Bertz CT molecular complexity index is 944. The number of carbonyl (C=O) groups is 2. The minimum absolute atomic E-state index is 0.0251. The summed E-state index contributed by atoms with van der Waals surface area (Å²) in [5, 5.41) is 0.377. The molecular weight excluding hydrogens is 324 g/mol. The molecule has 1 aromatic heterocycles. The Labute approximate surface area is 132 Å². The normalized spacial score (nSPS) is 15.8. The molecule has 0 fully saturated rings. The number of carbonyl (C=O) groups excluding carboxylic acids is 2. The largest absolute Gasteiger partial charge is 0.497 e. The number of hydrogen-bond donors (Lipinski definition) is 0. The summed E-state index contributed by atoms with van der Waals surface area (Å²) in [6.45, 7) is -0.655. The van der Waals surface area contributed by atoms with E-state index in [1.807, 2.05) is 0 Å². The third-order valence-electron chi connectivity index (χ3n) is 3.84. The number of hydrogen-bond acceptors (Lipinski definition) is 6. The van der Waals surface area contributed by atoms with Crippen molar-refractivity contribution in [3.05, 3.63) is 23.9 Å². The second-order valence-electron chi connectivity index (χ2n) is 5.01. The van der Waals surface area contributed by atoms with Crippen LogP contribution < -0.4 is 4.74 Å². The van der Waals surface area contributed by atoms with E-state index in [4.69, 9.17) is 4.74 Å². The van der Waals surface area contributed by atoms with Crippen LogP contribution in [-0.2, 0) is 26.6 Å². The number of aryl methyl sites for hydroxylation is 1. The van der Waals surface area contributed by atoms with Gasteiger partial charge in [0.05, 0.1) is 19.7 Å². The first-order chi connectivity index (χ1) is 10.8. The number of nitrogens with zero attached hydrogens (tertiary/aromatic N) is 2. The van der Waals surface area contributed by atoms with Gasteiger partial charge in [-0.1, -0.05) is 0 Å². The predicted molar refractivity (Wildman–Crippen MR) is 79.7 cm³/mol. The average molecular weight is 338 g/mol. The Hall–Kier alpha value is -2.55. The van der Waals surface area contributed by atoms with E-state index in [0.717, 1.165) is 7.11 Å². The molecule has 0 radical (unpaired) electrons. The van der Waals surface area contributed by atoms with Crippen molar-refractivity contribution < 1.29 is 27.5 Å². The second-order valence-corrected chi connectivity index (χ2v) is 6.81. The van der Waals surface area contributed by atoms with E-state index in [2.05, 4.69) is 4.74 Å². The summed E-state index contributed by atoms with van der Waals surface area (Å²) >= 11 is 0. The molecule has 1 aliphatic heterocycles. The number of ether oxygens (including phenoxy) is 2.